The number of unbranched alkanes of at least 4 members (excludes halogenated alkanes) is 3. The summed E-state index contributed by atoms with van der Waals surface area (Å²) in [6, 6.07) is 19.0. The van der Waals surface area contributed by atoms with Crippen molar-refractivity contribution in [3.05, 3.63) is 71.8 Å². The molecule has 2 aromatic rings. The van der Waals surface area contributed by atoms with E-state index in [-0.39, 0.29) is 17.8 Å². The van der Waals surface area contributed by atoms with Crippen molar-refractivity contribution in [2.24, 2.45) is 11.8 Å². The van der Waals surface area contributed by atoms with Crippen LogP contribution >= 0.6 is 0 Å². The van der Waals surface area contributed by atoms with Crippen LogP contribution in [-0.2, 0) is 14.3 Å². The largest absolute Gasteiger partial charge is 0.481 e. The van der Waals surface area contributed by atoms with E-state index < -0.39 is 17.8 Å². The SMILES string of the molecule is CCCCCCOC(=O)C1[C@H](c2ccccc2)C(C(=O)O)[C@H]1c1ccccc1. The van der Waals surface area contributed by atoms with E-state index in [1.165, 1.54) is 0 Å². The molecule has 0 aromatic heterocycles. The molecule has 0 spiro atoms. The zero-order valence-corrected chi connectivity index (χ0v) is 16.3. The van der Waals surface area contributed by atoms with Crippen molar-refractivity contribution in [2.75, 3.05) is 6.61 Å². The third-order valence-electron chi connectivity index (χ3n) is 5.72. The smallest absolute Gasteiger partial charge is 0.310 e. The fraction of sp³-hybridized carbons (Fsp3) is 0.417. The Morgan fingerprint density at radius 1 is 0.821 bits per heavy atom. The molecular weight excluding hydrogens is 352 g/mol. The van der Waals surface area contributed by atoms with Gasteiger partial charge in [0.1, 0.15) is 0 Å². The van der Waals surface area contributed by atoms with Gasteiger partial charge < -0.3 is 9.84 Å². The third kappa shape index (κ3) is 4.27. The zero-order chi connectivity index (χ0) is 19.9. The van der Waals surface area contributed by atoms with Crippen LogP contribution in [0, 0.1) is 11.8 Å². The second-order valence-electron chi connectivity index (χ2n) is 7.49. The van der Waals surface area contributed by atoms with Crippen molar-refractivity contribution in [3.63, 3.8) is 0 Å². The van der Waals surface area contributed by atoms with Gasteiger partial charge in [-0.05, 0) is 17.5 Å². The van der Waals surface area contributed by atoms with Gasteiger partial charge in [-0.15, -0.1) is 0 Å². The van der Waals surface area contributed by atoms with Crippen LogP contribution < -0.4 is 0 Å². The van der Waals surface area contributed by atoms with E-state index in [0.717, 1.165) is 36.8 Å². The quantitative estimate of drug-likeness (QED) is 0.491. The van der Waals surface area contributed by atoms with Gasteiger partial charge in [0.15, 0.2) is 0 Å². The number of carbonyl (C=O) groups excluding carboxylic acids is 1. The molecule has 1 N–H and O–H groups in total. The summed E-state index contributed by atoms with van der Waals surface area (Å²) in [5.41, 5.74) is 1.77. The molecule has 3 rings (SSSR count). The highest BCUT2D eigenvalue weighted by Crippen LogP contribution is 2.58. The van der Waals surface area contributed by atoms with E-state index in [1.807, 2.05) is 60.7 Å². The average Bonchev–Trinajstić information content (AvgIpc) is 2.68. The second-order valence-corrected chi connectivity index (χ2v) is 7.49. The van der Waals surface area contributed by atoms with Crippen molar-refractivity contribution < 1.29 is 19.4 Å². The molecule has 0 bridgehead atoms. The van der Waals surface area contributed by atoms with Crippen LogP contribution in [0.25, 0.3) is 0 Å². The summed E-state index contributed by atoms with van der Waals surface area (Å²) in [4.78, 5) is 25.1. The van der Waals surface area contributed by atoms with Gasteiger partial charge in [-0.25, -0.2) is 0 Å². The van der Waals surface area contributed by atoms with Crippen molar-refractivity contribution in [2.45, 2.75) is 44.4 Å². The molecule has 4 nitrogen and oxygen atoms in total. The van der Waals surface area contributed by atoms with Crippen molar-refractivity contribution >= 4 is 11.9 Å². The van der Waals surface area contributed by atoms with Crippen molar-refractivity contribution in [1.82, 2.24) is 0 Å². The average molecular weight is 380 g/mol. The highest BCUT2D eigenvalue weighted by Gasteiger charge is 2.59. The van der Waals surface area contributed by atoms with E-state index in [1.54, 1.807) is 0 Å². The summed E-state index contributed by atoms with van der Waals surface area (Å²) in [6.07, 6.45) is 4.14. The van der Waals surface area contributed by atoms with Gasteiger partial charge in [-0.3, -0.25) is 9.59 Å². The molecule has 1 aliphatic carbocycles. The second kappa shape index (κ2) is 9.54. The minimum Gasteiger partial charge on any atom is -0.481 e. The molecule has 1 aliphatic rings. The maximum absolute atomic E-state index is 13.0. The Morgan fingerprint density at radius 2 is 1.36 bits per heavy atom. The minimum atomic E-state index is -0.866. The molecular formula is C24H28O4. The van der Waals surface area contributed by atoms with E-state index in [9.17, 15) is 14.7 Å². The summed E-state index contributed by atoms with van der Waals surface area (Å²) in [6.45, 7) is 2.54. The summed E-state index contributed by atoms with van der Waals surface area (Å²) >= 11 is 0. The zero-order valence-electron chi connectivity index (χ0n) is 16.3. The van der Waals surface area contributed by atoms with Crippen molar-refractivity contribution in [1.29, 1.82) is 0 Å². The molecule has 0 aliphatic heterocycles. The number of carboxylic acid groups (broad SMARTS) is 1. The standard InChI is InChI=1S/C24H28O4/c1-2-3-4-11-16-28-24(27)22-19(17-12-7-5-8-13-17)21(23(25)26)20(22)18-14-9-6-10-15-18/h5-10,12-15,19-22H,2-4,11,16H2,1H3,(H,25,26)/t19-,20-,21?,22?/m1/s1. The predicted molar refractivity (Wildman–Crippen MR) is 108 cm³/mol. The van der Waals surface area contributed by atoms with E-state index in [0.29, 0.717) is 6.61 Å². The van der Waals surface area contributed by atoms with Gasteiger partial charge in [0.2, 0.25) is 0 Å². The van der Waals surface area contributed by atoms with Gasteiger partial charge in [0, 0.05) is 11.8 Å². The molecule has 0 saturated heterocycles. The molecule has 2 atom stereocenters. The summed E-state index contributed by atoms with van der Waals surface area (Å²) in [5.74, 6) is -3.00. The highest BCUT2D eigenvalue weighted by molar-refractivity contribution is 5.84. The minimum absolute atomic E-state index is 0.281. The predicted octanol–water partition coefficient (Wildman–Crippen LogP) is 5.01. The summed E-state index contributed by atoms with van der Waals surface area (Å²) in [5, 5.41) is 9.92. The lowest BCUT2D eigenvalue weighted by Gasteiger charge is -2.49. The van der Waals surface area contributed by atoms with Gasteiger partial charge in [0.05, 0.1) is 18.4 Å². The molecule has 28 heavy (non-hydrogen) atoms. The van der Waals surface area contributed by atoms with E-state index >= 15 is 0 Å². The monoisotopic (exact) mass is 380 g/mol. The summed E-state index contributed by atoms with van der Waals surface area (Å²) in [7, 11) is 0. The lowest BCUT2D eigenvalue weighted by Crippen LogP contribution is -2.51. The Bertz CT molecular complexity index is 724. The highest BCUT2D eigenvalue weighted by atomic mass is 16.5. The fourth-order valence-corrected chi connectivity index (χ4v) is 4.33. The third-order valence-corrected chi connectivity index (χ3v) is 5.72. The van der Waals surface area contributed by atoms with Gasteiger partial charge in [-0.2, -0.15) is 0 Å². The maximum atomic E-state index is 13.0. The number of esters is 1. The number of carboxylic acids is 1. The molecule has 2 aromatic carbocycles. The molecule has 0 unspecified atom stereocenters. The van der Waals surface area contributed by atoms with Crippen LogP contribution in [0.1, 0.15) is 55.6 Å². The normalized spacial score (nSPS) is 23.6. The molecule has 148 valence electrons. The molecule has 4 heteroatoms. The molecule has 0 amide bonds. The molecule has 0 heterocycles. The first-order valence-corrected chi connectivity index (χ1v) is 10.1. The topological polar surface area (TPSA) is 63.6 Å². The van der Waals surface area contributed by atoms with Crippen molar-refractivity contribution in [3.8, 4) is 0 Å². The number of carbonyl (C=O) groups is 2. The van der Waals surface area contributed by atoms with Crippen LogP contribution in [0.2, 0.25) is 0 Å². The van der Waals surface area contributed by atoms with E-state index in [2.05, 4.69) is 6.92 Å². The van der Waals surface area contributed by atoms with E-state index in [4.69, 9.17) is 4.74 Å². The van der Waals surface area contributed by atoms with Crippen LogP contribution in [-0.4, -0.2) is 23.7 Å². The first-order chi connectivity index (χ1) is 13.6. The number of hydrogen-bond donors (Lipinski definition) is 1. The van der Waals surface area contributed by atoms with Gasteiger partial charge >= 0.3 is 11.9 Å². The van der Waals surface area contributed by atoms with Crippen LogP contribution in [0.3, 0.4) is 0 Å². The maximum Gasteiger partial charge on any atom is 0.310 e. The molecule has 1 fully saturated rings. The Morgan fingerprint density at radius 3 is 1.82 bits per heavy atom. The first kappa shape index (κ1) is 20.1. The Balaban J connectivity index is 1.84. The number of rotatable bonds is 9. The number of ether oxygens (including phenoxy) is 1. The fourth-order valence-electron chi connectivity index (χ4n) is 4.33. The molecule has 0 radical (unpaired) electrons. The number of benzene rings is 2. The molecule has 1 saturated carbocycles. The Labute approximate surface area is 166 Å². The Kier molecular flexibility index (Phi) is 6.85. The van der Waals surface area contributed by atoms with Crippen LogP contribution in [0.5, 0.6) is 0 Å². The lowest BCUT2D eigenvalue weighted by atomic mass is 9.52. The summed E-state index contributed by atoms with van der Waals surface area (Å²) < 4.78 is 5.59. The number of aliphatic carboxylic acids is 1. The van der Waals surface area contributed by atoms with Gasteiger partial charge in [-0.1, -0.05) is 86.8 Å². The lowest BCUT2D eigenvalue weighted by molar-refractivity contribution is -0.164. The number of hydrogen-bond acceptors (Lipinski definition) is 3. The van der Waals surface area contributed by atoms with Gasteiger partial charge in [0.25, 0.3) is 0 Å². The first-order valence-electron chi connectivity index (χ1n) is 10.1. The Hall–Kier alpha value is -2.62. The van der Waals surface area contributed by atoms with Crippen LogP contribution in [0.15, 0.2) is 60.7 Å². The van der Waals surface area contributed by atoms with Crippen LogP contribution in [0.4, 0.5) is 0 Å².